The van der Waals surface area contributed by atoms with Crippen LogP contribution in [0.15, 0.2) is 0 Å². The number of imide groups is 1. The van der Waals surface area contributed by atoms with E-state index in [1.54, 1.807) is 0 Å². The lowest BCUT2D eigenvalue weighted by molar-refractivity contribution is -0.118. The number of halogens is 1. The number of hydrogen-bond donors (Lipinski definition) is 2. The van der Waals surface area contributed by atoms with Crippen LogP contribution < -0.4 is 10.3 Å². The van der Waals surface area contributed by atoms with Crippen LogP contribution in [0.5, 0.6) is 0 Å². The molecule has 0 radical (unpaired) electrons. The number of hydrogen-bond acceptors (Lipinski definition) is 3. The fourth-order valence-corrected chi connectivity index (χ4v) is 0.646. The second-order valence-corrected chi connectivity index (χ2v) is 1.69. The second kappa shape index (κ2) is 2.20. The highest BCUT2D eigenvalue weighted by Gasteiger charge is 2.25. The van der Waals surface area contributed by atoms with E-state index in [4.69, 9.17) is 11.8 Å². The van der Waals surface area contributed by atoms with Crippen LogP contribution in [0.3, 0.4) is 0 Å². The molecule has 1 heterocycles. The van der Waals surface area contributed by atoms with Gasteiger partial charge in [-0.3, -0.25) is 10.1 Å². The van der Waals surface area contributed by atoms with Gasteiger partial charge >= 0.3 is 6.03 Å². The lowest BCUT2D eigenvalue weighted by Gasteiger charge is -2.05. The predicted molar refractivity (Wildman–Crippen MR) is 29.2 cm³/mol. The van der Waals surface area contributed by atoms with Crippen molar-refractivity contribution in [3.63, 3.8) is 0 Å². The second-order valence-electron chi connectivity index (χ2n) is 1.52. The van der Waals surface area contributed by atoms with Gasteiger partial charge in [0.1, 0.15) is 6.54 Å². The van der Waals surface area contributed by atoms with Gasteiger partial charge in [0.15, 0.2) is 0 Å². The maximum atomic E-state index is 10.5. The van der Waals surface area contributed by atoms with E-state index in [1.165, 1.54) is 0 Å². The van der Waals surface area contributed by atoms with E-state index >= 15 is 0 Å². The average molecular weight is 150 g/mol. The number of urea groups is 1. The summed E-state index contributed by atoms with van der Waals surface area (Å²) in [5, 5.41) is 2.98. The molecule has 0 saturated carbocycles. The zero-order chi connectivity index (χ0) is 6.85. The predicted octanol–water partition coefficient (Wildman–Crippen LogP) is -0.803. The summed E-state index contributed by atoms with van der Waals surface area (Å²) >= 11 is 5.03. The van der Waals surface area contributed by atoms with Crippen molar-refractivity contribution in [3.8, 4) is 0 Å². The molecule has 0 unspecified atom stereocenters. The maximum Gasteiger partial charge on any atom is 0.339 e. The third-order valence-electron chi connectivity index (χ3n) is 0.895. The van der Waals surface area contributed by atoms with Crippen LogP contribution in [0.1, 0.15) is 0 Å². The van der Waals surface area contributed by atoms with Crippen LogP contribution >= 0.6 is 11.8 Å². The minimum atomic E-state index is -0.519. The van der Waals surface area contributed by atoms with Crippen LogP contribution in [0.25, 0.3) is 0 Å². The van der Waals surface area contributed by atoms with E-state index in [9.17, 15) is 9.59 Å². The molecule has 0 aliphatic carbocycles. The number of nitrogens with one attached hydrogen (secondary N) is 2. The molecule has 50 valence electrons. The Morgan fingerprint density at radius 1 is 1.67 bits per heavy atom. The van der Waals surface area contributed by atoms with E-state index in [2.05, 4.69) is 0 Å². The van der Waals surface area contributed by atoms with E-state index in [0.29, 0.717) is 0 Å². The van der Waals surface area contributed by atoms with E-state index in [0.717, 1.165) is 5.01 Å². The quantitative estimate of drug-likeness (QED) is 0.379. The number of nitrogens with zero attached hydrogens (tertiary/aromatic N) is 1. The van der Waals surface area contributed by atoms with Gasteiger partial charge in [-0.25, -0.2) is 9.80 Å². The maximum absolute atomic E-state index is 10.5. The molecule has 1 fully saturated rings. The summed E-state index contributed by atoms with van der Waals surface area (Å²) in [5.41, 5.74) is 0. The van der Waals surface area contributed by atoms with Crippen LogP contribution in [-0.4, -0.2) is 23.5 Å². The van der Waals surface area contributed by atoms with Crippen LogP contribution in [0, 0.1) is 0 Å². The van der Waals surface area contributed by atoms with Crippen LogP contribution in [-0.2, 0) is 4.79 Å². The number of amides is 3. The Labute approximate surface area is 56.0 Å². The highest BCUT2D eigenvalue weighted by Crippen LogP contribution is 1.92. The Bertz CT molecular complexity index is 159. The molecule has 0 aromatic rings. The Hall–Kier alpha value is -0.810. The molecular formula is C3H4ClN3O2. The van der Waals surface area contributed by atoms with Gasteiger partial charge in [-0.15, -0.1) is 4.94 Å². The molecule has 0 aromatic heterocycles. The topological polar surface area (TPSA) is 61.4 Å². The zero-order valence-electron chi connectivity index (χ0n) is 4.35. The Morgan fingerprint density at radius 3 is 2.56 bits per heavy atom. The van der Waals surface area contributed by atoms with E-state index in [1.807, 2.05) is 10.3 Å². The van der Waals surface area contributed by atoms with E-state index < -0.39 is 6.03 Å². The molecule has 1 aliphatic rings. The molecule has 0 aromatic carbocycles. The van der Waals surface area contributed by atoms with E-state index in [-0.39, 0.29) is 12.5 Å². The first-order valence-electron chi connectivity index (χ1n) is 2.21. The summed E-state index contributed by atoms with van der Waals surface area (Å²) in [7, 11) is 0. The molecular weight excluding hydrogens is 146 g/mol. The molecule has 2 N–H and O–H groups in total. The van der Waals surface area contributed by atoms with Gasteiger partial charge in [-0.05, 0) is 11.8 Å². The molecule has 0 bridgehead atoms. The van der Waals surface area contributed by atoms with Crippen molar-refractivity contribution in [3.05, 3.63) is 0 Å². The third-order valence-corrected chi connectivity index (χ3v) is 1.10. The van der Waals surface area contributed by atoms with Gasteiger partial charge in [0.2, 0.25) is 5.91 Å². The molecule has 0 atom stereocenters. The average Bonchev–Trinajstić information content (AvgIpc) is 2.10. The Morgan fingerprint density at radius 2 is 2.33 bits per heavy atom. The Kier molecular flexibility index (Phi) is 1.54. The molecule has 1 saturated heterocycles. The van der Waals surface area contributed by atoms with Crippen molar-refractivity contribution >= 4 is 23.7 Å². The largest absolute Gasteiger partial charge is 0.339 e. The standard InChI is InChI=1S/C3H4ClN3O2/c4-6-7-1-2(8)5-3(7)9/h6H,1H2,(H,5,8,9). The first-order valence-corrected chi connectivity index (χ1v) is 2.59. The lowest BCUT2D eigenvalue weighted by Crippen LogP contribution is -2.34. The first-order chi connectivity index (χ1) is 4.24. The Balaban J connectivity index is 2.58. The highest BCUT2D eigenvalue weighted by atomic mass is 35.5. The summed E-state index contributed by atoms with van der Waals surface area (Å²) in [5.74, 6) is -0.354. The fraction of sp³-hybridized carbons (Fsp3) is 0.333. The summed E-state index contributed by atoms with van der Waals surface area (Å²) in [6.45, 7) is -0.0255. The SMILES string of the molecule is O=C1CN(NCl)C(=O)N1. The third kappa shape index (κ3) is 1.11. The number of rotatable bonds is 1. The summed E-state index contributed by atoms with van der Waals surface area (Å²) in [4.78, 5) is 22.8. The van der Waals surface area contributed by atoms with Gasteiger partial charge in [-0.1, -0.05) is 0 Å². The molecule has 9 heavy (non-hydrogen) atoms. The van der Waals surface area contributed by atoms with Crippen molar-refractivity contribution in [2.75, 3.05) is 6.54 Å². The first kappa shape index (κ1) is 6.31. The van der Waals surface area contributed by atoms with Gasteiger partial charge in [0, 0.05) is 0 Å². The van der Waals surface area contributed by atoms with Crippen LogP contribution in [0.4, 0.5) is 4.79 Å². The minimum absolute atomic E-state index is 0.0255. The number of carbonyl (C=O) groups is 2. The van der Waals surface area contributed by atoms with Crippen molar-refractivity contribution in [1.82, 2.24) is 15.3 Å². The molecule has 6 heteroatoms. The number of hydrazine groups is 1. The number of carbonyl (C=O) groups excluding carboxylic acids is 2. The molecule has 1 aliphatic heterocycles. The lowest BCUT2D eigenvalue weighted by atomic mass is 10.7. The van der Waals surface area contributed by atoms with Crippen molar-refractivity contribution in [2.45, 2.75) is 0 Å². The monoisotopic (exact) mass is 149 g/mol. The molecule has 5 nitrogen and oxygen atoms in total. The summed E-state index contributed by atoms with van der Waals surface area (Å²) in [6, 6.07) is -0.519. The highest BCUT2D eigenvalue weighted by molar-refractivity contribution is 6.15. The smallest absolute Gasteiger partial charge is 0.275 e. The molecule has 0 spiro atoms. The van der Waals surface area contributed by atoms with Gasteiger partial charge < -0.3 is 0 Å². The minimum Gasteiger partial charge on any atom is -0.275 e. The van der Waals surface area contributed by atoms with Gasteiger partial charge in [0.05, 0.1) is 0 Å². The zero-order valence-corrected chi connectivity index (χ0v) is 5.10. The van der Waals surface area contributed by atoms with Crippen LogP contribution in [0.2, 0.25) is 0 Å². The fourth-order valence-electron chi connectivity index (χ4n) is 0.510. The summed E-state index contributed by atoms with van der Waals surface area (Å²) < 4.78 is 0. The molecule has 1 rings (SSSR count). The van der Waals surface area contributed by atoms with Crippen molar-refractivity contribution < 1.29 is 9.59 Å². The van der Waals surface area contributed by atoms with Crippen molar-refractivity contribution in [1.29, 1.82) is 0 Å². The normalized spacial score (nSPS) is 18.6. The summed E-state index contributed by atoms with van der Waals surface area (Å²) in [6.07, 6.45) is 0. The van der Waals surface area contributed by atoms with Gasteiger partial charge in [0.25, 0.3) is 0 Å². The van der Waals surface area contributed by atoms with Crippen molar-refractivity contribution in [2.24, 2.45) is 0 Å². The molecule has 3 amide bonds. The van der Waals surface area contributed by atoms with Gasteiger partial charge in [-0.2, -0.15) is 0 Å².